The number of hydrogen-bond donors (Lipinski definition) is 3. The normalized spacial score (nSPS) is 14.2. The predicted octanol–water partition coefficient (Wildman–Crippen LogP) is 6.58. The van der Waals surface area contributed by atoms with Crippen LogP contribution in [0.1, 0.15) is 53.1 Å². The van der Waals surface area contributed by atoms with Crippen LogP contribution in [0.3, 0.4) is 0 Å². The van der Waals surface area contributed by atoms with Crippen LogP contribution < -0.4 is 10.0 Å². The topological polar surface area (TPSA) is 108 Å². The molecular formula is C28H26BrN3O4S. The van der Waals surface area contributed by atoms with Crippen LogP contribution >= 0.6 is 15.9 Å². The molecule has 0 atom stereocenters. The van der Waals surface area contributed by atoms with E-state index in [0.29, 0.717) is 22.5 Å². The van der Waals surface area contributed by atoms with Crippen molar-refractivity contribution in [3.8, 4) is 0 Å². The molecule has 1 heterocycles. The Labute approximate surface area is 224 Å². The van der Waals surface area contributed by atoms with Crippen molar-refractivity contribution < 1.29 is 18.3 Å². The van der Waals surface area contributed by atoms with Crippen LogP contribution in [0, 0.1) is 0 Å². The molecule has 0 unspecified atom stereocenters. The first-order valence-electron chi connectivity index (χ1n) is 12.1. The Morgan fingerprint density at radius 2 is 1.78 bits per heavy atom. The molecule has 0 amide bonds. The predicted molar refractivity (Wildman–Crippen MR) is 148 cm³/mol. The second-order valence-electron chi connectivity index (χ2n) is 9.19. The number of carboxylic acid groups (broad SMARTS) is 1. The zero-order valence-corrected chi connectivity index (χ0v) is 22.3. The zero-order chi connectivity index (χ0) is 26.0. The lowest BCUT2D eigenvalue weighted by Crippen LogP contribution is -2.24. The standard InChI is InChI=1S/C28H26BrN3O4S/c29-21-11-12-22-25(15-21)30-17-26(37(35,36)31-16-18-6-2-1-3-7-18)27(22)32-24-13-10-20(14-23(24)28(33)34)19-8-4-5-9-19/h1-3,6-7,10-15,17,19,31H,4-5,8-9,16H2,(H,30,32)(H,33,34). The summed E-state index contributed by atoms with van der Waals surface area (Å²) in [6.07, 6.45) is 5.68. The van der Waals surface area contributed by atoms with Crippen LogP contribution in [-0.4, -0.2) is 24.5 Å². The lowest BCUT2D eigenvalue weighted by molar-refractivity contribution is 0.0698. The van der Waals surface area contributed by atoms with E-state index in [1.165, 1.54) is 6.20 Å². The number of nitrogens with zero attached hydrogens (tertiary/aromatic N) is 1. The first-order valence-corrected chi connectivity index (χ1v) is 14.4. The fourth-order valence-corrected chi connectivity index (χ4v) is 6.31. The number of hydrogen-bond acceptors (Lipinski definition) is 5. The number of carbonyl (C=O) groups is 1. The fraction of sp³-hybridized carbons (Fsp3) is 0.214. The summed E-state index contributed by atoms with van der Waals surface area (Å²) in [5, 5.41) is 13.7. The van der Waals surface area contributed by atoms with Gasteiger partial charge in [0.05, 0.1) is 22.5 Å². The monoisotopic (exact) mass is 579 g/mol. The van der Waals surface area contributed by atoms with Gasteiger partial charge in [0.2, 0.25) is 10.0 Å². The van der Waals surface area contributed by atoms with E-state index in [1.54, 1.807) is 30.3 Å². The SMILES string of the molecule is O=C(O)c1cc(C2CCCC2)ccc1Nc1c(S(=O)(=O)NCc2ccccc2)cnc2cc(Br)ccc12. The van der Waals surface area contributed by atoms with Crippen molar-refractivity contribution in [1.82, 2.24) is 9.71 Å². The van der Waals surface area contributed by atoms with E-state index in [-0.39, 0.29) is 22.7 Å². The first-order chi connectivity index (χ1) is 17.8. The van der Waals surface area contributed by atoms with Gasteiger partial charge in [0.25, 0.3) is 0 Å². The van der Waals surface area contributed by atoms with Gasteiger partial charge in [0.1, 0.15) is 4.90 Å². The molecule has 3 N–H and O–H groups in total. The third kappa shape index (κ3) is 5.53. The molecule has 37 heavy (non-hydrogen) atoms. The summed E-state index contributed by atoms with van der Waals surface area (Å²) >= 11 is 3.43. The highest BCUT2D eigenvalue weighted by Crippen LogP contribution is 2.38. The molecule has 7 nitrogen and oxygen atoms in total. The molecule has 9 heteroatoms. The average Bonchev–Trinajstić information content (AvgIpc) is 3.43. The highest BCUT2D eigenvalue weighted by atomic mass is 79.9. The fourth-order valence-electron chi connectivity index (χ4n) is 4.83. The maximum absolute atomic E-state index is 13.5. The molecule has 0 spiro atoms. The molecule has 0 aliphatic heterocycles. The van der Waals surface area contributed by atoms with Crippen LogP contribution in [0.2, 0.25) is 0 Å². The number of nitrogens with one attached hydrogen (secondary N) is 2. The van der Waals surface area contributed by atoms with Crippen molar-refractivity contribution in [3.63, 3.8) is 0 Å². The van der Waals surface area contributed by atoms with Gasteiger partial charge in [-0.3, -0.25) is 4.98 Å². The number of pyridine rings is 1. The van der Waals surface area contributed by atoms with Crippen LogP contribution in [0.4, 0.5) is 11.4 Å². The molecule has 1 aromatic heterocycles. The molecule has 1 saturated carbocycles. The second-order valence-corrected chi connectivity index (χ2v) is 11.8. The van der Waals surface area contributed by atoms with Crippen LogP contribution in [-0.2, 0) is 16.6 Å². The van der Waals surface area contributed by atoms with Gasteiger partial charge in [-0.25, -0.2) is 17.9 Å². The van der Waals surface area contributed by atoms with E-state index in [1.807, 2.05) is 36.4 Å². The quantitative estimate of drug-likeness (QED) is 0.218. The van der Waals surface area contributed by atoms with Gasteiger partial charge in [-0.2, -0.15) is 0 Å². The van der Waals surface area contributed by atoms with Gasteiger partial charge < -0.3 is 10.4 Å². The smallest absolute Gasteiger partial charge is 0.337 e. The maximum Gasteiger partial charge on any atom is 0.337 e. The molecule has 0 bridgehead atoms. The summed E-state index contributed by atoms with van der Waals surface area (Å²) < 4.78 is 30.4. The summed E-state index contributed by atoms with van der Waals surface area (Å²) in [7, 11) is -4.00. The molecular weight excluding hydrogens is 554 g/mol. The Hall–Kier alpha value is -3.27. The summed E-state index contributed by atoms with van der Waals surface area (Å²) in [6.45, 7) is 0.109. The molecule has 1 aliphatic rings. The molecule has 4 aromatic rings. The minimum absolute atomic E-state index is 0.0607. The van der Waals surface area contributed by atoms with Crippen LogP contribution in [0.15, 0.2) is 82.3 Å². The minimum Gasteiger partial charge on any atom is -0.478 e. The number of benzene rings is 3. The number of carboxylic acids is 1. The van der Waals surface area contributed by atoms with E-state index in [0.717, 1.165) is 41.3 Å². The van der Waals surface area contributed by atoms with Crippen molar-refractivity contribution in [1.29, 1.82) is 0 Å². The van der Waals surface area contributed by atoms with Crippen LogP contribution in [0.5, 0.6) is 0 Å². The largest absolute Gasteiger partial charge is 0.478 e. The maximum atomic E-state index is 13.5. The molecule has 0 radical (unpaired) electrons. The molecule has 0 saturated heterocycles. The van der Waals surface area contributed by atoms with Crippen molar-refractivity contribution in [2.45, 2.75) is 43.0 Å². The van der Waals surface area contributed by atoms with E-state index < -0.39 is 16.0 Å². The van der Waals surface area contributed by atoms with E-state index in [4.69, 9.17) is 0 Å². The lowest BCUT2D eigenvalue weighted by atomic mass is 9.95. The van der Waals surface area contributed by atoms with Crippen molar-refractivity contribution in [3.05, 3.63) is 94.1 Å². The third-order valence-corrected chi connectivity index (χ3v) is 8.66. The average molecular weight is 581 g/mol. The number of sulfonamides is 1. The number of halogens is 1. The van der Waals surface area contributed by atoms with Gasteiger partial charge in [-0.15, -0.1) is 0 Å². The van der Waals surface area contributed by atoms with Crippen molar-refractivity contribution in [2.75, 3.05) is 5.32 Å². The number of aromatic carboxylic acids is 1. The Morgan fingerprint density at radius 3 is 2.51 bits per heavy atom. The van der Waals surface area contributed by atoms with Gasteiger partial charge in [0, 0.05) is 22.6 Å². The van der Waals surface area contributed by atoms with E-state index in [2.05, 4.69) is 31.0 Å². The summed E-state index contributed by atoms with van der Waals surface area (Å²) in [4.78, 5) is 16.6. The number of aromatic nitrogens is 1. The van der Waals surface area contributed by atoms with E-state index in [9.17, 15) is 18.3 Å². The summed E-state index contributed by atoms with van der Waals surface area (Å²) in [6, 6.07) is 19.9. The Kier molecular flexibility index (Phi) is 7.28. The summed E-state index contributed by atoms with van der Waals surface area (Å²) in [5.74, 6) is -0.723. The molecule has 3 aromatic carbocycles. The van der Waals surface area contributed by atoms with E-state index >= 15 is 0 Å². The van der Waals surface area contributed by atoms with Gasteiger partial charge in [-0.05, 0) is 60.2 Å². The number of rotatable bonds is 8. The third-order valence-electron chi connectivity index (χ3n) is 6.76. The highest BCUT2D eigenvalue weighted by Gasteiger charge is 2.24. The van der Waals surface area contributed by atoms with Crippen molar-refractivity contribution in [2.24, 2.45) is 0 Å². The second kappa shape index (κ2) is 10.6. The lowest BCUT2D eigenvalue weighted by Gasteiger charge is -2.18. The number of fused-ring (bicyclic) bond motifs is 1. The number of anilines is 2. The Bertz CT molecular complexity index is 1570. The summed E-state index contributed by atoms with van der Waals surface area (Å²) in [5.41, 5.74) is 3.08. The van der Waals surface area contributed by atoms with Gasteiger partial charge in [-0.1, -0.05) is 65.2 Å². The van der Waals surface area contributed by atoms with Crippen molar-refractivity contribution >= 4 is 54.2 Å². The van der Waals surface area contributed by atoms with Crippen LogP contribution in [0.25, 0.3) is 10.9 Å². The molecule has 1 aliphatic carbocycles. The highest BCUT2D eigenvalue weighted by molar-refractivity contribution is 9.10. The van der Waals surface area contributed by atoms with Gasteiger partial charge >= 0.3 is 5.97 Å². The molecule has 1 fully saturated rings. The van der Waals surface area contributed by atoms with Gasteiger partial charge in [0.15, 0.2) is 0 Å². The first kappa shape index (κ1) is 25.4. The zero-order valence-electron chi connectivity index (χ0n) is 19.9. The minimum atomic E-state index is -4.00. The Morgan fingerprint density at radius 1 is 1.03 bits per heavy atom. The Balaban J connectivity index is 1.58. The molecule has 190 valence electrons. The molecule has 5 rings (SSSR count).